The summed E-state index contributed by atoms with van der Waals surface area (Å²) in [7, 11) is -2.13. The molecule has 0 aliphatic carbocycles. The maximum absolute atomic E-state index is 11.7. The van der Waals surface area contributed by atoms with Gasteiger partial charge in [0.05, 0.1) is 11.7 Å². The van der Waals surface area contributed by atoms with E-state index in [0.29, 0.717) is 12.3 Å². The van der Waals surface area contributed by atoms with Gasteiger partial charge in [0.1, 0.15) is 7.14 Å². The summed E-state index contributed by atoms with van der Waals surface area (Å²) in [4.78, 5) is 0. The van der Waals surface area contributed by atoms with Crippen molar-refractivity contribution in [1.29, 1.82) is 5.26 Å². The van der Waals surface area contributed by atoms with Crippen molar-refractivity contribution in [1.82, 2.24) is 0 Å². The Kier molecular flexibility index (Phi) is 3.68. The van der Waals surface area contributed by atoms with Gasteiger partial charge in [-0.15, -0.1) is 0 Å². The molecule has 0 aliphatic rings. The second-order valence-corrected chi connectivity index (χ2v) is 6.33. The number of nitriles is 1. The Hall–Kier alpha value is -0.280. The number of rotatable bonds is 3. The molecule has 0 bridgehead atoms. The first-order chi connectivity index (χ1) is 4.60. The Balaban J connectivity index is 4.37. The molecule has 0 saturated carbocycles. The third kappa shape index (κ3) is 1.85. The molecule has 10 heavy (non-hydrogen) atoms. The van der Waals surface area contributed by atoms with E-state index in [0.717, 1.165) is 0 Å². The maximum Gasteiger partial charge on any atom is 0.103 e. The van der Waals surface area contributed by atoms with E-state index in [1.165, 1.54) is 0 Å². The van der Waals surface area contributed by atoms with E-state index >= 15 is 0 Å². The molecule has 0 heterocycles. The summed E-state index contributed by atoms with van der Waals surface area (Å²) in [6.07, 6.45) is 1.30. The van der Waals surface area contributed by atoms with Gasteiger partial charge in [-0.3, -0.25) is 0 Å². The van der Waals surface area contributed by atoms with Crippen LogP contribution in [0.25, 0.3) is 0 Å². The SMILES string of the molecule is CCP(=O)(CC)C(C)C#N. The van der Waals surface area contributed by atoms with E-state index in [1.807, 2.05) is 19.9 Å². The van der Waals surface area contributed by atoms with E-state index in [-0.39, 0.29) is 5.66 Å². The van der Waals surface area contributed by atoms with Crippen LogP contribution in [-0.2, 0) is 4.57 Å². The van der Waals surface area contributed by atoms with Gasteiger partial charge in [0.2, 0.25) is 0 Å². The molecule has 1 unspecified atom stereocenters. The van der Waals surface area contributed by atoms with Gasteiger partial charge in [0.15, 0.2) is 0 Å². The summed E-state index contributed by atoms with van der Waals surface area (Å²) in [5, 5.41) is 8.51. The molecule has 0 aromatic heterocycles. The fourth-order valence-corrected chi connectivity index (χ4v) is 2.63. The van der Waals surface area contributed by atoms with E-state index < -0.39 is 7.14 Å². The molecule has 0 aliphatic heterocycles. The summed E-state index contributed by atoms with van der Waals surface area (Å²) < 4.78 is 11.7. The lowest BCUT2D eigenvalue weighted by atomic mass is 10.5. The van der Waals surface area contributed by atoms with E-state index in [4.69, 9.17) is 5.26 Å². The molecule has 2 nitrogen and oxygen atoms in total. The van der Waals surface area contributed by atoms with Crippen LogP contribution in [0.1, 0.15) is 20.8 Å². The lowest BCUT2D eigenvalue weighted by molar-refractivity contribution is 0.573. The Morgan fingerprint density at radius 3 is 2.00 bits per heavy atom. The molecule has 0 aromatic carbocycles. The van der Waals surface area contributed by atoms with Crippen LogP contribution in [0.4, 0.5) is 0 Å². The van der Waals surface area contributed by atoms with Gasteiger partial charge < -0.3 is 4.57 Å². The van der Waals surface area contributed by atoms with Crippen molar-refractivity contribution >= 4 is 7.14 Å². The van der Waals surface area contributed by atoms with Crippen LogP contribution < -0.4 is 0 Å². The van der Waals surface area contributed by atoms with Crippen molar-refractivity contribution in [3.05, 3.63) is 0 Å². The molecule has 0 amide bonds. The maximum atomic E-state index is 11.7. The van der Waals surface area contributed by atoms with Crippen LogP contribution in [-0.4, -0.2) is 18.0 Å². The van der Waals surface area contributed by atoms with Gasteiger partial charge >= 0.3 is 0 Å². The molecule has 0 rings (SSSR count). The predicted octanol–water partition coefficient (Wildman–Crippen LogP) is 2.30. The van der Waals surface area contributed by atoms with E-state index in [9.17, 15) is 4.57 Å². The first kappa shape index (κ1) is 9.72. The van der Waals surface area contributed by atoms with Crippen molar-refractivity contribution in [3.8, 4) is 6.07 Å². The van der Waals surface area contributed by atoms with Gasteiger partial charge in [-0.2, -0.15) is 5.26 Å². The zero-order valence-electron chi connectivity index (χ0n) is 6.79. The predicted molar refractivity (Wildman–Crippen MR) is 43.8 cm³/mol. The molecule has 0 aromatic rings. The van der Waals surface area contributed by atoms with E-state index in [1.54, 1.807) is 6.92 Å². The Bertz CT molecular complexity index is 175. The van der Waals surface area contributed by atoms with Gasteiger partial charge in [0, 0.05) is 0 Å². The summed E-state index contributed by atoms with van der Waals surface area (Å²) in [5.41, 5.74) is -0.262. The third-order valence-corrected chi connectivity index (χ3v) is 5.63. The topological polar surface area (TPSA) is 40.9 Å². The largest absolute Gasteiger partial charge is 0.322 e. The van der Waals surface area contributed by atoms with Crippen LogP contribution in [0.15, 0.2) is 0 Å². The second kappa shape index (κ2) is 3.78. The Morgan fingerprint density at radius 2 is 1.90 bits per heavy atom. The molecule has 0 radical (unpaired) electrons. The first-order valence-corrected chi connectivity index (χ1v) is 5.72. The van der Waals surface area contributed by atoms with Crippen molar-refractivity contribution < 1.29 is 4.57 Å². The minimum Gasteiger partial charge on any atom is -0.322 e. The number of nitrogens with zero attached hydrogens (tertiary/aromatic N) is 1. The summed E-state index contributed by atoms with van der Waals surface area (Å²) in [5.74, 6) is 0. The van der Waals surface area contributed by atoms with Crippen molar-refractivity contribution in [2.75, 3.05) is 12.3 Å². The van der Waals surface area contributed by atoms with Crippen molar-refractivity contribution in [2.24, 2.45) is 0 Å². The fraction of sp³-hybridized carbons (Fsp3) is 0.857. The Labute approximate surface area is 62.6 Å². The molecule has 0 N–H and O–H groups in total. The fourth-order valence-electron chi connectivity index (χ4n) is 0.877. The highest BCUT2D eigenvalue weighted by Crippen LogP contribution is 2.49. The summed E-state index contributed by atoms with van der Waals surface area (Å²) in [6.45, 7) is 5.52. The van der Waals surface area contributed by atoms with Crippen molar-refractivity contribution in [3.63, 3.8) is 0 Å². The van der Waals surface area contributed by atoms with Crippen LogP contribution in [0.3, 0.4) is 0 Å². The van der Waals surface area contributed by atoms with E-state index in [2.05, 4.69) is 0 Å². The molecule has 0 spiro atoms. The zero-order valence-corrected chi connectivity index (χ0v) is 7.69. The lowest BCUT2D eigenvalue weighted by Crippen LogP contribution is -2.04. The highest BCUT2D eigenvalue weighted by atomic mass is 31.2. The molecule has 1 atom stereocenters. The lowest BCUT2D eigenvalue weighted by Gasteiger charge is -2.15. The number of hydrogen-bond donors (Lipinski definition) is 0. The minimum absolute atomic E-state index is 0.262. The monoisotopic (exact) mass is 159 g/mol. The Morgan fingerprint density at radius 1 is 1.50 bits per heavy atom. The summed E-state index contributed by atoms with van der Waals surface area (Å²) in [6, 6.07) is 2.04. The highest BCUT2D eigenvalue weighted by molar-refractivity contribution is 7.64. The normalized spacial score (nSPS) is 14.2. The van der Waals surface area contributed by atoms with Crippen LogP contribution in [0.2, 0.25) is 0 Å². The molecule has 3 heteroatoms. The molecule has 0 saturated heterocycles. The van der Waals surface area contributed by atoms with Crippen LogP contribution in [0, 0.1) is 11.3 Å². The standard InChI is InChI=1S/C7H14NOP/c1-4-10(9,5-2)7(3)6-8/h7H,4-5H2,1-3H3. The third-order valence-electron chi connectivity index (χ3n) is 1.96. The van der Waals surface area contributed by atoms with Gasteiger partial charge in [-0.05, 0) is 19.2 Å². The molecule has 0 fully saturated rings. The molecule has 58 valence electrons. The van der Waals surface area contributed by atoms with Gasteiger partial charge in [-0.25, -0.2) is 0 Å². The summed E-state index contributed by atoms with van der Waals surface area (Å²) >= 11 is 0. The van der Waals surface area contributed by atoms with Gasteiger partial charge in [-0.1, -0.05) is 13.8 Å². The molecular formula is C7H14NOP. The van der Waals surface area contributed by atoms with Crippen molar-refractivity contribution in [2.45, 2.75) is 26.4 Å². The smallest absolute Gasteiger partial charge is 0.103 e. The van der Waals surface area contributed by atoms with Gasteiger partial charge in [0.25, 0.3) is 0 Å². The molecular weight excluding hydrogens is 145 g/mol. The average Bonchev–Trinajstić information content (AvgIpc) is 2.01. The van der Waals surface area contributed by atoms with Crippen LogP contribution in [0.5, 0.6) is 0 Å². The average molecular weight is 159 g/mol. The minimum atomic E-state index is -2.13. The highest BCUT2D eigenvalue weighted by Gasteiger charge is 2.24. The first-order valence-electron chi connectivity index (χ1n) is 3.58. The quantitative estimate of drug-likeness (QED) is 0.593. The van der Waals surface area contributed by atoms with Crippen LogP contribution >= 0.6 is 7.14 Å². The zero-order chi connectivity index (χ0) is 8.20. The number of hydrogen-bond acceptors (Lipinski definition) is 2. The second-order valence-electron chi connectivity index (χ2n) is 2.39.